The van der Waals surface area contributed by atoms with Gasteiger partial charge in [-0.25, -0.2) is 4.39 Å². The van der Waals surface area contributed by atoms with Crippen LogP contribution in [0.1, 0.15) is 10.4 Å². The summed E-state index contributed by atoms with van der Waals surface area (Å²) in [5.41, 5.74) is 0.145. The van der Waals surface area contributed by atoms with Crippen LogP contribution >= 0.6 is 0 Å². The molecule has 27 heavy (non-hydrogen) atoms. The Hall–Kier alpha value is -3.19. The van der Waals surface area contributed by atoms with Gasteiger partial charge >= 0.3 is 0 Å². The van der Waals surface area contributed by atoms with Crippen molar-refractivity contribution in [1.29, 1.82) is 0 Å². The largest absolute Gasteiger partial charge is 0.492 e. The van der Waals surface area contributed by atoms with Gasteiger partial charge in [0.25, 0.3) is 5.91 Å². The summed E-state index contributed by atoms with van der Waals surface area (Å²) in [6.45, 7) is 1.15. The molecule has 0 fully saturated rings. The molecule has 0 saturated heterocycles. The number of nitrogens with zero attached hydrogens (tertiary/aromatic N) is 1. The number of hydrogen-bond donors (Lipinski definition) is 2. The number of carbonyl (C=O) groups excluding carboxylic acids is 1. The molecule has 2 N–H and O–H groups in total. The fraction of sp³-hybridized carbons (Fsp3) is 0.200. The number of ether oxygens (including phenoxy) is 1. The number of aromatic amines is 1. The Morgan fingerprint density at radius 3 is 2.78 bits per heavy atom. The summed E-state index contributed by atoms with van der Waals surface area (Å²) in [5.74, 6) is -0.651. The quantitative estimate of drug-likeness (QED) is 0.701. The number of hydrogen-bond acceptors (Lipinski definition) is 4. The number of benzene rings is 2. The van der Waals surface area contributed by atoms with E-state index in [1.165, 1.54) is 24.4 Å². The van der Waals surface area contributed by atoms with E-state index in [0.717, 1.165) is 0 Å². The Labute approximate surface area is 155 Å². The topological polar surface area (TPSA) is 74.4 Å². The highest BCUT2D eigenvalue weighted by Crippen LogP contribution is 2.23. The Morgan fingerprint density at radius 2 is 2.04 bits per heavy atom. The van der Waals surface area contributed by atoms with E-state index in [1.807, 2.05) is 19.0 Å². The molecule has 0 aliphatic rings. The molecule has 1 aromatic heterocycles. The predicted molar refractivity (Wildman–Crippen MR) is 103 cm³/mol. The molecule has 140 valence electrons. The normalized spacial score (nSPS) is 11.0. The fourth-order valence-electron chi connectivity index (χ4n) is 2.62. The second kappa shape index (κ2) is 8.01. The third-order valence-corrected chi connectivity index (χ3v) is 4.03. The van der Waals surface area contributed by atoms with Crippen LogP contribution in [0.3, 0.4) is 0 Å². The van der Waals surface area contributed by atoms with Crippen molar-refractivity contribution in [2.75, 3.05) is 32.6 Å². The van der Waals surface area contributed by atoms with E-state index in [1.54, 1.807) is 24.3 Å². The number of nitrogens with one attached hydrogen (secondary N) is 2. The number of aromatic nitrogens is 1. The summed E-state index contributed by atoms with van der Waals surface area (Å²) >= 11 is 0. The molecule has 0 spiro atoms. The van der Waals surface area contributed by atoms with Gasteiger partial charge in [-0.15, -0.1) is 0 Å². The lowest BCUT2D eigenvalue weighted by molar-refractivity contribution is 0.102. The zero-order valence-corrected chi connectivity index (χ0v) is 15.1. The minimum Gasteiger partial charge on any atom is -0.492 e. The summed E-state index contributed by atoms with van der Waals surface area (Å²) in [7, 11) is 3.84. The third kappa shape index (κ3) is 4.51. The molecule has 3 rings (SSSR count). The number of likely N-dealkylation sites (N-methyl/N-ethyl adjacent to an activating group) is 1. The van der Waals surface area contributed by atoms with Crippen LogP contribution in [0.25, 0.3) is 10.8 Å². The van der Waals surface area contributed by atoms with Gasteiger partial charge in [-0.05, 0) is 37.7 Å². The monoisotopic (exact) mass is 369 g/mol. The second-order valence-corrected chi connectivity index (χ2v) is 6.35. The summed E-state index contributed by atoms with van der Waals surface area (Å²) in [4.78, 5) is 28.5. The molecule has 7 heteroatoms. The summed E-state index contributed by atoms with van der Waals surface area (Å²) in [6, 6.07) is 10.8. The van der Waals surface area contributed by atoms with Gasteiger partial charge in [-0.3, -0.25) is 9.59 Å². The first-order valence-corrected chi connectivity index (χ1v) is 8.44. The van der Waals surface area contributed by atoms with Crippen LogP contribution in [0, 0.1) is 5.82 Å². The molecular formula is C20H20FN3O3. The lowest BCUT2D eigenvalue weighted by Crippen LogP contribution is -2.19. The molecule has 0 aliphatic heterocycles. The maximum atomic E-state index is 14.3. The average Bonchev–Trinajstić information content (AvgIpc) is 2.62. The molecule has 3 aromatic rings. The highest BCUT2D eigenvalue weighted by atomic mass is 19.1. The molecule has 1 heterocycles. The molecule has 0 atom stereocenters. The summed E-state index contributed by atoms with van der Waals surface area (Å²) in [6.07, 6.45) is 1.48. The van der Waals surface area contributed by atoms with Crippen molar-refractivity contribution >= 4 is 22.4 Å². The van der Waals surface area contributed by atoms with Gasteiger partial charge in [0.05, 0.1) is 5.69 Å². The molecule has 0 radical (unpaired) electrons. The zero-order valence-electron chi connectivity index (χ0n) is 15.1. The first-order valence-electron chi connectivity index (χ1n) is 8.44. The average molecular weight is 369 g/mol. The van der Waals surface area contributed by atoms with Crippen molar-refractivity contribution < 1.29 is 13.9 Å². The number of pyridine rings is 1. The first-order chi connectivity index (χ1) is 12.9. The van der Waals surface area contributed by atoms with E-state index >= 15 is 0 Å². The first kappa shape index (κ1) is 18.6. The molecule has 1 amide bonds. The van der Waals surface area contributed by atoms with E-state index in [4.69, 9.17) is 4.74 Å². The molecule has 0 bridgehead atoms. The number of amides is 1. The van der Waals surface area contributed by atoms with Gasteiger partial charge in [-0.2, -0.15) is 0 Å². The standard InChI is InChI=1S/C20H20FN3O3/c1-24(2)8-9-27-14-6-7-18(17(21)11-14)23-20(26)15-5-3-4-13-10-19(25)22-12-16(13)15/h3-7,10-12H,8-9H2,1-2H3,(H,22,25)(H,23,26). The minimum absolute atomic E-state index is 0.0568. The second-order valence-electron chi connectivity index (χ2n) is 6.35. The number of carbonyl (C=O) groups is 1. The van der Waals surface area contributed by atoms with Crippen LogP contribution in [0.4, 0.5) is 10.1 Å². The van der Waals surface area contributed by atoms with Gasteiger partial charge in [-0.1, -0.05) is 12.1 Å². The van der Waals surface area contributed by atoms with Gasteiger partial charge in [0.2, 0.25) is 5.56 Å². The highest BCUT2D eigenvalue weighted by molar-refractivity contribution is 6.12. The zero-order chi connectivity index (χ0) is 19.4. The van der Waals surface area contributed by atoms with Gasteiger partial charge in [0.1, 0.15) is 18.2 Å². The lowest BCUT2D eigenvalue weighted by Gasteiger charge is -2.12. The Kier molecular flexibility index (Phi) is 5.52. The van der Waals surface area contributed by atoms with Crippen LogP contribution in [0.15, 0.2) is 53.5 Å². The SMILES string of the molecule is CN(C)CCOc1ccc(NC(=O)c2cccc3cc(=O)[nH]cc23)c(F)c1. The van der Waals surface area contributed by atoms with E-state index in [-0.39, 0.29) is 11.2 Å². The van der Waals surface area contributed by atoms with Crippen LogP contribution < -0.4 is 15.6 Å². The van der Waals surface area contributed by atoms with Crippen LogP contribution in [0.2, 0.25) is 0 Å². The molecule has 2 aromatic carbocycles. The highest BCUT2D eigenvalue weighted by Gasteiger charge is 2.13. The van der Waals surface area contributed by atoms with E-state index < -0.39 is 11.7 Å². The van der Waals surface area contributed by atoms with Crippen molar-refractivity contribution in [2.24, 2.45) is 0 Å². The van der Waals surface area contributed by atoms with Crippen LogP contribution in [-0.4, -0.2) is 43.0 Å². The van der Waals surface area contributed by atoms with Gasteiger partial charge in [0.15, 0.2) is 0 Å². The van der Waals surface area contributed by atoms with Crippen LogP contribution in [-0.2, 0) is 0 Å². The summed E-state index contributed by atoms with van der Waals surface area (Å²) in [5, 5.41) is 3.78. The maximum absolute atomic E-state index is 14.3. The minimum atomic E-state index is -0.584. The Balaban J connectivity index is 1.77. The van der Waals surface area contributed by atoms with Crippen molar-refractivity contribution in [2.45, 2.75) is 0 Å². The van der Waals surface area contributed by atoms with E-state index in [0.29, 0.717) is 35.2 Å². The molecule has 0 unspecified atom stereocenters. The lowest BCUT2D eigenvalue weighted by atomic mass is 10.1. The van der Waals surface area contributed by atoms with Crippen molar-refractivity contribution in [3.05, 3.63) is 70.4 Å². The Morgan fingerprint density at radius 1 is 1.22 bits per heavy atom. The fourth-order valence-corrected chi connectivity index (χ4v) is 2.62. The van der Waals surface area contributed by atoms with Crippen molar-refractivity contribution in [1.82, 2.24) is 9.88 Å². The number of anilines is 1. The van der Waals surface area contributed by atoms with Gasteiger partial charge in [0, 0.05) is 35.8 Å². The van der Waals surface area contributed by atoms with Gasteiger partial charge < -0.3 is 19.9 Å². The number of halogens is 1. The number of rotatable bonds is 6. The smallest absolute Gasteiger partial charge is 0.256 e. The molecule has 0 saturated carbocycles. The molecule has 0 aliphatic carbocycles. The number of H-pyrrole nitrogens is 1. The van der Waals surface area contributed by atoms with Crippen LogP contribution in [0.5, 0.6) is 5.75 Å². The van der Waals surface area contributed by atoms with E-state index in [2.05, 4.69) is 10.3 Å². The number of fused-ring (bicyclic) bond motifs is 1. The van der Waals surface area contributed by atoms with Crippen molar-refractivity contribution in [3.63, 3.8) is 0 Å². The summed E-state index contributed by atoms with van der Waals surface area (Å²) < 4.78 is 19.8. The van der Waals surface area contributed by atoms with Crippen molar-refractivity contribution in [3.8, 4) is 5.75 Å². The third-order valence-electron chi connectivity index (χ3n) is 4.03. The van der Waals surface area contributed by atoms with E-state index in [9.17, 15) is 14.0 Å². The Bertz CT molecular complexity index is 1030. The molecular weight excluding hydrogens is 349 g/mol. The molecule has 6 nitrogen and oxygen atoms in total. The predicted octanol–water partition coefficient (Wildman–Crippen LogP) is 2.86. The maximum Gasteiger partial charge on any atom is 0.256 e.